The van der Waals surface area contributed by atoms with Crippen LogP contribution in [0.15, 0.2) is 36.5 Å². The SMILES string of the molecule is Cc1ccnc(C)c1NS(=O)(=O)CCc1cccc(F)c1. The Hall–Kier alpha value is -1.95. The number of nitrogens with one attached hydrogen (secondary N) is 1. The number of nitrogens with zero attached hydrogens (tertiary/aromatic N) is 1. The average Bonchev–Trinajstić information content (AvgIpc) is 2.41. The van der Waals surface area contributed by atoms with Crippen molar-refractivity contribution in [2.75, 3.05) is 10.5 Å². The largest absolute Gasteiger partial charge is 0.281 e. The zero-order chi connectivity index (χ0) is 15.5. The summed E-state index contributed by atoms with van der Waals surface area (Å²) in [5.41, 5.74) is 2.61. The predicted molar refractivity (Wildman–Crippen MR) is 81.2 cm³/mol. The third-order valence-corrected chi connectivity index (χ3v) is 4.41. The number of benzene rings is 1. The highest BCUT2D eigenvalue weighted by atomic mass is 32.2. The summed E-state index contributed by atoms with van der Waals surface area (Å²) in [5.74, 6) is -0.471. The van der Waals surface area contributed by atoms with Crippen molar-refractivity contribution in [1.29, 1.82) is 0 Å². The molecule has 0 fully saturated rings. The van der Waals surface area contributed by atoms with Crippen molar-refractivity contribution in [3.05, 3.63) is 59.2 Å². The van der Waals surface area contributed by atoms with Gasteiger partial charge in [-0.3, -0.25) is 9.71 Å². The van der Waals surface area contributed by atoms with E-state index < -0.39 is 10.0 Å². The Balaban J connectivity index is 2.09. The van der Waals surface area contributed by atoms with Crippen LogP contribution in [0.2, 0.25) is 0 Å². The molecule has 1 aromatic carbocycles. The molecule has 1 aromatic heterocycles. The van der Waals surface area contributed by atoms with Crippen LogP contribution in [0.1, 0.15) is 16.8 Å². The number of pyridine rings is 1. The van der Waals surface area contributed by atoms with Crippen molar-refractivity contribution in [2.24, 2.45) is 0 Å². The van der Waals surface area contributed by atoms with E-state index in [0.29, 0.717) is 16.9 Å². The van der Waals surface area contributed by atoms with Crippen LogP contribution >= 0.6 is 0 Å². The summed E-state index contributed by atoms with van der Waals surface area (Å²) >= 11 is 0. The van der Waals surface area contributed by atoms with Crippen LogP contribution in [0, 0.1) is 19.7 Å². The van der Waals surface area contributed by atoms with Gasteiger partial charge in [0.2, 0.25) is 10.0 Å². The molecule has 4 nitrogen and oxygen atoms in total. The van der Waals surface area contributed by atoms with Crippen molar-refractivity contribution in [1.82, 2.24) is 4.98 Å². The van der Waals surface area contributed by atoms with Crippen LogP contribution in [0.3, 0.4) is 0 Å². The second-order valence-electron chi connectivity index (χ2n) is 4.89. The van der Waals surface area contributed by atoms with Crippen molar-refractivity contribution in [3.63, 3.8) is 0 Å². The molecule has 0 atom stereocenters. The minimum Gasteiger partial charge on any atom is -0.281 e. The Morgan fingerprint density at radius 1 is 1.24 bits per heavy atom. The molecule has 112 valence electrons. The van der Waals surface area contributed by atoms with Gasteiger partial charge in [0, 0.05) is 6.20 Å². The molecule has 0 amide bonds. The highest BCUT2D eigenvalue weighted by Gasteiger charge is 2.14. The van der Waals surface area contributed by atoms with E-state index >= 15 is 0 Å². The Morgan fingerprint density at radius 2 is 2.00 bits per heavy atom. The molecule has 6 heteroatoms. The van der Waals surface area contributed by atoms with E-state index in [1.165, 1.54) is 12.1 Å². The average molecular weight is 308 g/mol. The first kappa shape index (κ1) is 15.4. The van der Waals surface area contributed by atoms with Crippen molar-refractivity contribution in [2.45, 2.75) is 20.3 Å². The summed E-state index contributed by atoms with van der Waals surface area (Å²) in [6, 6.07) is 7.70. The summed E-state index contributed by atoms with van der Waals surface area (Å²) in [7, 11) is -3.50. The molecular weight excluding hydrogens is 291 g/mol. The summed E-state index contributed by atoms with van der Waals surface area (Å²) in [6.07, 6.45) is 1.89. The van der Waals surface area contributed by atoms with E-state index in [2.05, 4.69) is 9.71 Å². The second kappa shape index (κ2) is 6.22. The van der Waals surface area contributed by atoms with E-state index in [9.17, 15) is 12.8 Å². The van der Waals surface area contributed by atoms with E-state index in [1.807, 2.05) is 6.92 Å². The molecule has 0 radical (unpaired) electrons. The quantitative estimate of drug-likeness (QED) is 0.924. The molecule has 2 rings (SSSR count). The maximum absolute atomic E-state index is 13.1. The molecule has 1 N–H and O–H groups in total. The van der Waals surface area contributed by atoms with Gasteiger partial charge in [0.1, 0.15) is 5.82 Å². The molecule has 0 aliphatic rings. The minimum absolute atomic E-state index is 0.107. The van der Waals surface area contributed by atoms with Crippen molar-refractivity contribution >= 4 is 15.7 Å². The van der Waals surface area contributed by atoms with Gasteiger partial charge in [-0.1, -0.05) is 12.1 Å². The highest BCUT2D eigenvalue weighted by molar-refractivity contribution is 7.92. The maximum Gasteiger partial charge on any atom is 0.233 e. The van der Waals surface area contributed by atoms with Gasteiger partial charge in [-0.25, -0.2) is 12.8 Å². The van der Waals surface area contributed by atoms with Crippen LogP contribution in [0.4, 0.5) is 10.1 Å². The first-order valence-corrected chi connectivity index (χ1v) is 8.20. The van der Waals surface area contributed by atoms with E-state index in [-0.39, 0.29) is 18.0 Å². The van der Waals surface area contributed by atoms with Crippen LogP contribution in [-0.2, 0) is 16.4 Å². The fourth-order valence-electron chi connectivity index (χ4n) is 2.00. The Bertz CT molecular complexity index is 725. The number of sulfonamides is 1. The molecule has 1 heterocycles. The van der Waals surface area contributed by atoms with Crippen molar-refractivity contribution < 1.29 is 12.8 Å². The van der Waals surface area contributed by atoms with E-state index in [0.717, 1.165) is 5.56 Å². The molecule has 0 unspecified atom stereocenters. The molecule has 0 aliphatic carbocycles. The second-order valence-corrected chi connectivity index (χ2v) is 6.73. The number of hydrogen-bond acceptors (Lipinski definition) is 3. The number of aryl methyl sites for hydroxylation is 3. The number of hydrogen-bond donors (Lipinski definition) is 1. The van der Waals surface area contributed by atoms with Gasteiger partial charge in [0.25, 0.3) is 0 Å². The molecular formula is C15H17FN2O2S. The summed E-state index contributed by atoms with van der Waals surface area (Å²) < 4.78 is 39.9. The Labute approximate surface area is 124 Å². The molecule has 0 aliphatic heterocycles. The van der Waals surface area contributed by atoms with Gasteiger partial charge in [-0.2, -0.15) is 0 Å². The molecule has 0 saturated heterocycles. The smallest absolute Gasteiger partial charge is 0.233 e. The van der Waals surface area contributed by atoms with Gasteiger partial charge in [0.05, 0.1) is 17.1 Å². The molecule has 0 spiro atoms. The Morgan fingerprint density at radius 3 is 2.67 bits per heavy atom. The Kier molecular flexibility index (Phi) is 4.57. The zero-order valence-corrected chi connectivity index (χ0v) is 12.7. The van der Waals surface area contributed by atoms with Crippen LogP contribution < -0.4 is 4.72 Å². The topological polar surface area (TPSA) is 59.1 Å². The first-order chi connectivity index (χ1) is 9.87. The number of aromatic nitrogens is 1. The predicted octanol–water partition coefficient (Wildman–Crippen LogP) is 2.82. The highest BCUT2D eigenvalue weighted by Crippen LogP contribution is 2.19. The molecule has 2 aromatic rings. The van der Waals surface area contributed by atoms with Gasteiger partial charge in [-0.05, 0) is 49.6 Å². The summed E-state index contributed by atoms with van der Waals surface area (Å²) in [4.78, 5) is 4.08. The fraction of sp³-hybridized carbons (Fsp3) is 0.267. The van der Waals surface area contributed by atoms with Crippen LogP contribution in [-0.4, -0.2) is 19.2 Å². The lowest BCUT2D eigenvalue weighted by Gasteiger charge is -2.12. The van der Waals surface area contributed by atoms with Crippen LogP contribution in [0.5, 0.6) is 0 Å². The maximum atomic E-state index is 13.1. The van der Waals surface area contributed by atoms with Crippen molar-refractivity contribution in [3.8, 4) is 0 Å². The van der Waals surface area contributed by atoms with Gasteiger partial charge in [-0.15, -0.1) is 0 Å². The zero-order valence-electron chi connectivity index (χ0n) is 11.9. The van der Waals surface area contributed by atoms with Gasteiger partial charge >= 0.3 is 0 Å². The third-order valence-electron chi connectivity index (χ3n) is 3.15. The number of anilines is 1. The lowest BCUT2D eigenvalue weighted by atomic mass is 10.2. The lowest BCUT2D eigenvalue weighted by Crippen LogP contribution is -2.19. The fourth-order valence-corrected chi connectivity index (χ4v) is 3.23. The number of halogens is 1. The van der Waals surface area contributed by atoms with E-state index in [4.69, 9.17) is 0 Å². The first-order valence-electron chi connectivity index (χ1n) is 6.54. The molecule has 21 heavy (non-hydrogen) atoms. The summed E-state index contributed by atoms with van der Waals surface area (Å²) in [5, 5.41) is 0. The molecule has 0 bridgehead atoms. The van der Waals surface area contributed by atoms with E-state index in [1.54, 1.807) is 31.3 Å². The monoisotopic (exact) mass is 308 g/mol. The normalized spacial score (nSPS) is 11.4. The number of rotatable bonds is 5. The standard InChI is InChI=1S/C15H17FN2O2S/c1-11-6-8-17-12(2)15(11)18-21(19,20)9-7-13-4-3-5-14(16)10-13/h3-6,8,10,18H,7,9H2,1-2H3. The molecule has 0 saturated carbocycles. The lowest BCUT2D eigenvalue weighted by molar-refractivity contribution is 0.599. The third kappa shape index (κ3) is 4.26. The van der Waals surface area contributed by atoms with Crippen LogP contribution in [0.25, 0.3) is 0 Å². The van der Waals surface area contributed by atoms with Gasteiger partial charge in [0.15, 0.2) is 0 Å². The van der Waals surface area contributed by atoms with Gasteiger partial charge < -0.3 is 0 Å². The summed E-state index contributed by atoms with van der Waals surface area (Å²) in [6.45, 7) is 3.57. The minimum atomic E-state index is -3.50.